The number of hydrogen-bond donors (Lipinski definition) is 4. The molecule has 0 saturated carbocycles. The third-order valence-electron chi connectivity index (χ3n) is 3.82. The molecule has 0 radical (unpaired) electrons. The van der Waals surface area contributed by atoms with Crippen molar-refractivity contribution in [2.45, 2.75) is 52.9 Å². The van der Waals surface area contributed by atoms with Gasteiger partial charge in [-0.25, -0.2) is 0 Å². The number of phenols is 1. The second-order valence-electron chi connectivity index (χ2n) is 6.13. The van der Waals surface area contributed by atoms with Crippen molar-refractivity contribution in [2.75, 3.05) is 7.11 Å². The lowest BCUT2D eigenvalue weighted by Gasteiger charge is -2.16. The van der Waals surface area contributed by atoms with Gasteiger partial charge in [-0.05, 0) is 45.2 Å². The van der Waals surface area contributed by atoms with E-state index in [-0.39, 0.29) is 19.0 Å². The molecule has 5 heteroatoms. The highest BCUT2D eigenvalue weighted by Gasteiger charge is 2.17. The second kappa shape index (κ2) is 9.47. The molecule has 0 aromatic heterocycles. The van der Waals surface area contributed by atoms with Crippen molar-refractivity contribution in [1.82, 2.24) is 0 Å². The summed E-state index contributed by atoms with van der Waals surface area (Å²) in [4.78, 5) is 0. The van der Waals surface area contributed by atoms with Crippen LogP contribution in [0.5, 0.6) is 11.5 Å². The van der Waals surface area contributed by atoms with E-state index in [1.165, 1.54) is 7.11 Å². The number of aliphatic hydroxyl groups is 3. The molecule has 134 valence electrons. The predicted molar refractivity (Wildman–Crippen MR) is 94.0 cm³/mol. The van der Waals surface area contributed by atoms with Gasteiger partial charge < -0.3 is 25.2 Å². The molecule has 1 aromatic carbocycles. The second-order valence-corrected chi connectivity index (χ2v) is 6.13. The third-order valence-corrected chi connectivity index (χ3v) is 3.82. The van der Waals surface area contributed by atoms with Crippen molar-refractivity contribution in [3.8, 4) is 11.5 Å². The quantitative estimate of drug-likeness (QED) is 0.548. The molecule has 0 saturated heterocycles. The van der Waals surface area contributed by atoms with E-state index in [9.17, 15) is 20.4 Å². The van der Waals surface area contributed by atoms with E-state index in [4.69, 9.17) is 4.74 Å². The predicted octanol–water partition coefficient (Wildman–Crippen LogP) is 2.59. The standard InChI is InChI=1S/C19H28O5/c1-12(2)7-15(22)8-13(3)5-6-16-18(24-4)9-14(10-20)17(11-21)19(16)23/h5,7,9,15,20-23H,6,8,10-11H2,1-4H3/b13-5+. The number of rotatable bonds is 8. The lowest BCUT2D eigenvalue weighted by atomic mass is 9.98. The van der Waals surface area contributed by atoms with E-state index >= 15 is 0 Å². The van der Waals surface area contributed by atoms with E-state index in [1.807, 2.05) is 26.8 Å². The first-order valence-electron chi connectivity index (χ1n) is 7.95. The van der Waals surface area contributed by atoms with Gasteiger partial charge in [0.05, 0.1) is 26.4 Å². The van der Waals surface area contributed by atoms with E-state index in [0.29, 0.717) is 35.3 Å². The zero-order valence-corrected chi connectivity index (χ0v) is 14.8. The molecule has 1 rings (SSSR count). The van der Waals surface area contributed by atoms with Crippen molar-refractivity contribution < 1.29 is 25.2 Å². The summed E-state index contributed by atoms with van der Waals surface area (Å²) in [6.07, 6.45) is 4.09. The molecule has 4 N–H and O–H groups in total. The molecule has 0 aliphatic carbocycles. The van der Waals surface area contributed by atoms with Gasteiger partial charge in [-0.3, -0.25) is 0 Å². The minimum absolute atomic E-state index is 0.0604. The molecule has 5 nitrogen and oxygen atoms in total. The highest BCUT2D eigenvalue weighted by Crippen LogP contribution is 2.35. The number of allylic oxidation sites excluding steroid dienone is 2. The van der Waals surface area contributed by atoms with Crippen LogP contribution in [0.4, 0.5) is 0 Å². The van der Waals surface area contributed by atoms with Gasteiger partial charge in [0.25, 0.3) is 0 Å². The summed E-state index contributed by atoms with van der Waals surface area (Å²) < 4.78 is 5.29. The Kier molecular flexibility index (Phi) is 7.98. The highest BCUT2D eigenvalue weighted by molar-refractivity contribution is 5.54. The highest BCUT2D eigenvalue weighted by atomic mass is 16.5. The molecule has 0 heterocycles. The fourth-order valence-corrected chi connectivity index (χ4v) is 2.61. The van der Waals surface area contributed by atoms with Crippen LogP contribution in [0, 0.1) is 0 Å². The van der Waals surface area contributed by atoms with Crippen LogP contribution in [0.2, 0.25) is 0 Å². The Balaban J connectivity index is 3.06. The number of aliphatic hydroxyl groups excluding tert-OH is 3. The van der Waals surface area contributed by atoms with Gasteiger partial charge in [-0.2, -0.15) is 0 Å². The number of benzene rings is 1. The molecule has 0 aliphatic rings. The van der Waals surface area contributed by atoms with Crippen molar-refractivity contribution in [1.29, 1.82) is 0 Å². The molecule has 1 atom stereocenters. The van der Waals surface area contributed by atoms with E-state index in [1.54, 1.807) is 12.1 Å². The van der Waals surface area contributed by atoms with Crippen LogP contribution in [-0.2, 0) is 19.6 Å². The minimum Gasteiger partial charge on any atom is -0.507 e. The average molecular weight is 336 g/mol. The monoisotopic (exact) mass is 336 g/mol. The van der Waals surface area contributed by atoms with Crippen molar-refractivity contribution in [2.24, 2.45) is 0 Å². The van der Waals surface area contributed by atoms with Gasteiger partial charge >= 0.3 is 0 Å². The molecule has 0 fully saturated rings. The maximum atomic E-state index is 10.4. The first-order chi connectivity index (χ1) is 11.3. The summed E-state index contributed by atoms with van der Waals surface area (Å²) in [6, 6.07) is 1.63. The number of methoxy groups -OCH3 is 1. The summed E-state index contributed by atoms with van der Waals surface area (Å²) in [6.45, 7) is 5.14. The van der Waals surface area contributed by atoms with Crippen LogP contribution in [0.25, 0.3) is 0 Å². The summed E-state index contributed by atoms with van der Waals surface area (Å²) in [7, 11) is 1.49. The van der Waals surface area contributed by atoms with Crippen LogP contribution in [0.1, 0.15) is 43.9 Å². The van der Waals surface area contributed by atoms with Gasteiger partial charge in [0.1, 0.15) is 11.5 Å². The summed E-state index contributed by atoms with van der Waals surface area (Å²) >= 11 is 0. The van der Waals surface area contributed by atoms with Crippen LogP contribution in [0.15, 0.2) is 29.4 Å². The number of aromatic hydroxyl groups is 1. The fourth-order valence-electron chi connectivity index (χ4n) is 2.61. The molecule has 24 heavy (non-hydrogen) atoms. The molecule has 0 spiro atoms. The van der Waals surface area contributed by atoms with E-state index in [2.05, 4.69) is 0 Å². The van der Waals surface area contributed by atoms with Crippen molar-refractivity contribution in [3.63, 3.8) is 0 Å². The largest absolute Gasteiger partial charge is 0.507 e. The molecular formula is C19H28O5. The zero-order chi connectivity index (χ0) is 18.3. The first kappa shape index (κ1) is 20.2. The maximum Gasteiger partial charge on any atom is 0.128 e. The summed E-state index contributed by atoms with van der Waals surface area (Å²) in [5, 5.41) is 39.1. The lowest BCUT2D eigenvalue weighted by Crippen LogP contribution is -2.04. The molecular weight excluding hydrogens is 308 g/mol. The molecule has 0 amide bonds. The van der Waals surface area contributed by atoms with Crippen LogP contribution >= 0.6 is 0 Å². The van der Waals surface area contributed by atoms with Gasteiger partial charge in [0.2, 0.25) is 0 Å². The molecule has 0 aliphatic heterocycles. The normalized spacial score (nSPS) is 12.9. The van der Waals surface area contributed by atoms with Crippen molar-refractivity contribution in [3.05, 3.63) is 46.1 Å². The Morgan fingerprint density at radius 3 is 2.33 bits per heavy atom. The van der Waals surface area contributed by atoms with Crippen molar-refractivity contribution >= 4 is 0 Å². The molecule has 1 unspecified atom stereocenters. The number of ether oxygens (including phenoxy) is 1. The summed E-state index contributed by atoms with van der Waals surface area (Å²) in [5.41, 5.74) is 3.34. The lowest BCUT2D eigenvalue weighted by molar-refractivity contribution is 0.222. The van der Waals surface area contributed by atoms with Crippen LogP contribution < -0.4 is 4.74 Å². The third kappa shape index (κ3) is 5.37. The SMILES string of the molecule is COc1cc(CO)c(CO)c(O)c1C/C=C(\C)CC(O)C=C(C)C. The first-order valence-corrected chi connectivity index (χ1v) is 7.95. The molecule has 1 aromatic rings. The van der Waals surface area contributed by atoms with Gasteiger partial charge in [0.15, 0.2) is 0 Å². The van der Waals surface area contributed by atoms with Crippen LogP contribution in [-0.4, -0.2) is 33.6 Å². The Labute approximate surface area is 143 Å². The van der Waals surface area contributed by atoms with E-state index < -0.39 is 6.10 Å². The van der Waals surface area contributed by atoms with E-state index in [0.717, 1.165) is 11.1 Å². The smallest absolute Gasteiger partial charge is 0.128 e. The topological polar surface area (TPSA) is 90.2 Å². The Bertz CT molecular complexity index is 613. The van der Waals surface area contributed by atoms with Gasteiger partial charge in [-0.15, -0.1) is 0 Å². The average Bonchev–Trinajstić information content (AvgIpc) is 2.51. The van der Waals surface area contributed by atoms with Crippen LogP contribution in [0.3, 0.4) is 0 Å². The zero-order valence-electron chi connectivity index (χ0n) is 14.8. The molecule has 0 bridgehead atoms. The number of hydrogen-bond acceptors (Lipinski definition) is 5. The maximum absolute atomic E-state index is 10.4. The minimum atomic E-state index is -0.536. The van der Waals surface area contributed by atoms with Gasteiger partial charge in [-0.1, -0.05) is 23.3 Å². The Morgan fingerprint density at radius 2 is 1.83 bits per heavy atom. The summed E-state index contributed by atoms with van der Waals surface area (Å²) in [5.74, 6) is 0.400. The Morgan fingerprint density at radius 1 is 1.17 bits per heavy atom. The fraction of sp³-hybridized carbons (Fsp3) is 0.474. The Hall–Kier alpha value is -1.82. The van der Waals surface area contributed by atoms with Gasteiger partial charge in [0, 0.05) is 11.1 Å².